The standard InChI is InChI=1S/C9H6INO/c10-7-2-1-3-8-6(7)4-5-9(12)11-8/h1-5H,(H,11,12). The molecular weight excluding hydrogens is 265 g/mol. The summed E-state index contributed by atoms with van der Waals surface area (Å²) in [6, 6.07) is 9.24. The van der Waals surface area contributed by atoms with Gasteiger partial charge >= 0.3 is 0 Å². The Balaban J connectivity index is 2.96. The third-order valence-electron chi connectivity index (χ3n) is 1.71. The van der Waals surface area contributed by atoms with Gasteiger partial charge < -0.3 is 4.98 Å². The highest BCUT2D eigenvalue weighted by molar-refractivity contribution is 14.1. The Morgan fingerprint density at radius 1 is 1.17 bits per heavy atom. The van der Waals surface area contributed by atoms with E-state index in [2.05, 4.69) is 27.6 Å². The van der Waals surface area contributed by atoms with E-state index >= 15 is 0 Å². The molecule has 0 aliphatic rings. The van der Waals surface area contributed by atoms with Gasteiger partial charge in [0.1, 0.15) is 0 Å². The molecule has 0 saturated carbocycles. The molecule has 0 fully saturated rings. The van der Waals surface area contributed by atoms with Crippen molar-refractivity contribution in [3.05, 3.63) is 44.3 Å². The zero-order valence-corrected chi connectivity index (χ0v) is 8.33. The van der Waals surface area contributed by atoms with E-state index in [9.17, 15) is 4.79 Å². The summed E-state index contributed by atoms with van der Waals surface area (Å²) in [5.74, 6) is 0. The predicted molar refractivity (Wildman–Crippen MR) is 57.3 cm³/mol. The fourth-order valence-corrected chi connectivity index (χ4v) is 1.83. The molecule has 0 aliphatic carbocycles. The van der Waals surface area contributed by atoms with Crippen LogP contribution in [0.3, 0.4) is 0 Å². The van der Waals surface area contributed by atoms with Crippen LogP contribution >= 0.6 is 22.6 Å². The van der Waals surface area contributed by atoms with Crippen LogP contribution in [0.5, 0.6) is 0 Å². The van der Waals surface area contributed by atoms with E-state index in [0.29, 0.717) is 0 Å². The predicted octanol–water partition coefficient (Wildman–Crippen LogP) is 2.13. The van der Waals surface area contributed by atoms with Gasteiger partial charge in [-0.25, -0.2) is 0 Å². The number of H-pyrrole nitrogens is 1. The quantitative estimate of drug-likeness (QED) is 0.731. The van der Waals surface area contributed by atoms with Gasteiger partial charge in [-0.3, -0.25) is 4.79 Å². The smallest absolute Gasteiger partial charge is 0.248 e. The molecule has 2 aromatic rings. The summed E-state index contributed by atoms with van der Waals surface area (Å²) in [7, 11) is 0. The van der Waals surface area contributed by atoms with Gasteiger partial charge in [-0.15, -0.1) is 0 Å². The minimum absolute atomic E-state index is 0.0514. The van der Waals surface area contributed by atoms with Crippen molar-refractivity contribution in [3.63, 3.8) is 0 Å². The van der Waals surface area contributed by atoms with Crippen molar-refractivity contribution in [3.8, 4) is 0 Å². The molecule has 0 unspecified atom stereocenters. The molecule has 1 aromatic carbocycles. The average molecular weight is 271 g/mol. The SMILES string of the molecule is O=c1ccc2c(I)cccc2[nH]1. The number of hydrogen-bond acceptors (Lipinski definition) is 1. The van der Waals surface area contributed by atoms with Gasteiger partial charge in [0.05, 0.1) is 0 Å². The van der Waals surface area contributed by atoms with Crippen molar-refractivity contribution >= 4 is 33.5 Å². The maximum atomic E-state index is 10.9. The molecule has 60 valence electrons. The van der Waals surface area contributed by atoms with Crippen molar-refractivity contribution in [1.29, 1.82) is 0 Å². The van der Waals surface area contributed by atoms with Crippen LogP contribution in [0.2, 0.25) is 0 Å². The van der Waals surface area contributed by atoms with Gasteiger partial charge in [0.25, 0.3) is 0 Å². The molecule has 0 atom stereocenters. The maximum absolute atomic E-state index is 10.9. The molecule has 1 aromatic heterocycles. The Bertz CT molecular complexity index is 475. The molecule has 0 saturated heterocycles. The van der Waals surface area contributed by atoms with Crippen LogP contribution in [0.4, 0.5) is 0 Å². The molecule has 2 nitrogen and oxygen atoms in total. The molecule has 0 aliphatic heterocycles. The van der Waals surface area contributed by atoms with Crippen LogP contribution in [-0.2, 0) is 0 Å². The second-order valence-corrected chi connectivity index (χ2v) is 3.69. The topological polar surface area (TPSA) is 32.9 Å². The van der Waals surface area contributed by atoms with Gasteiger partial charge in [0.2, 0.25) is 5.56 Å². The molecule has 0 amide bonds. The van der Waals surface area contributed by atoms with Crippen LogP contribution in [0.1, 0.15) is 0 Å². The third kappa shape index (κ3) is 1.24. The van der Waals surface area contributed by atoms with Crippen molar-refractivity contribution in [2.75, 3.05) is 0 Å². The summed E-state index contributed by atoms with van der Waals surface area (Å²) in [5, 5.41) is 1.10. The molecule has 0 spiro atoms. The second kappa shape index (κ2) is 2.90. The number of aromatic nitrogens is 1. The Morgan fingerprint density at radius 2 is 2.00 bits per heavy atom. The summed E-state index contributed by atoms with van der Waals surface area (Å²) in [5.41, 5.74) is 0.846. The van der Waals surface area contributed by atoms with Gasteiger partial charge in [0.15, 0.2) is 0 Å². The number of benzene rings is 1. The number of pyridine rings is 1. The minimum atomic E-state index is -0.0514. The zero-order chi connectivity index (χ0) is 8.55. The number of nitrogens with one attached hydrogen (secondary N) is 1. The molecule has 1 N–H and O–H groups in total. The average Bonchev–Trinajstić information content (AvgIpc) is 2.04. The van der Waals surface area contributed by atoms with Gasteiger partial charge in [0, 0.05) is 20.5 Å². The lowest BCUT2D eigenvalue weighted by Gasteiger charge is -1.97. The summed E-state index contributed by atoms with van der Waals surface area (Å²) in [6.07, 6.45) is 0. The van der Waals surface area contributed by atoms with Crippen molar-refractivity contribution in [1.82, 2.24) is 4.98 Å². The fourth-order valence-electron chi connectivity index (χ4n) is 1.15. The highest BCUT2D eigenvalue weighted by Crippen LogP contribution is 2.16. The highest BCUT2D eigenvalue weighted by Gasteiger charge is 1.96. The van der Waals surface area contributed by atoms with E-state index in [-0.39, 0.29) is 5.56 Å². The first-order chi connectivity index (χ1) is 5.77. The number of halogens is 1. The Labute approximate surface area is 82.8 Å². The normalized spacial score (nSPS) is 10.4. The summed E-state index contributed by atoms with van der Waals surface area (Å²) in [6.45, 7) is 0. The second-order valence-electron chi connectivity index (χ2n) is 2.52. The van der Waals surface area contributed by atoms with Crippen LogP contribution in [0.15, 0.2) is 35.1 Å². The van der Waals surface area contributed by atoms with Crippen LogP contribution in [0.25, 0.3) is 10.9 Å². The van der Waals surface area contributed by atoms with E-state index in [0.717, 1.165) is 14.5 Å². The van der Waals surface area contributed by atoms with Gasteiger partial charge in [-0.1, -0.05) is 6.07 Å². The molecule has 2 rings (SSSR count). The Morgan fingerprint density at radius 3 is 2.83 bits per heavy atom. The molecular formula is C9H6INO. The first-order valence-electron chi connectivity index (χ1n) is 3.55. The number of aromatic amines is 1. The van der Waals surface area contributed by atoms with Gasteiger partial charge in [-0.2, -0.15) is 0 Å². The largest absolute Gasteiger partial charge is 0.322 e. The Hall–Kier alpha value is -0.840. The number of rotatable bonds is 0. The maximum Gasteiger partial charge on any atom is 0.248 e. The van der Waals surface area contributed by atoms with Crippen molar-refractivity contribution in [2.45, 2.75) is 0 Å². The number of fused-ring (bicyclic) bond motifs is 1. The van der Waals surface area contributed by atoms with Crippen molar-refractivity contribution in [2.24, 2.45) is 0 Å². The summed E-state index contributed by atoms with van der Waals surface area (Å²) in [4.78, 5) is 13.7. The first kappa shape index (κ1) is 7.79. The fraction of sp³-hybridized carbons (Fsp3) is 0. The van der Waals surface area contributed by atoms with Gasteiger partial charge in [-0.05, 0) is 40.8 Å². The van der Waals surface area contributed by atoms with E-state index in [1.54, 1.807) is 6.07 Å². The van der Waals surface area contributed by atoms with E-state index < -0.39 is 0 Å². The Kier molecular flexibility index (Phi) is 1.88. The summed E-state index contributed by atoms with van der Waals surface area (Å²) < 4.78 is 1.15. The van der Waals surface area contributed by atoms with E-state index in [1.807, 2.05) is 24.3 Å². The van der Waals surface area contributed by atoms with E-state index in [1.165, 1.54) is 0 Å². The molecule has 1 heterocycles. The highest BCUT2D eigenvalue weighted by atomic mass is 127. The lowest BCUT2D eigenvalue weighted by atomic mass is 10.2. The molecule has 12 heavy (non-hydrogen) atoms. The minimum Gasteiger partial charge on any atom is -0.322 e. The monoisotopic (exact) mass is 271 g/mol. The number of hydrogen-bond donors (Lipinski definition) is 1. The van der Waals surface area contributed by atoms with Crippen LogP contribution < -0.4 is 5.56 Å². The summed E-state index contributed by atoms with van der Waals surface area (Å²) >= 11 is 2.25. The van der Waals surface area contributed by atoms with Crippen molar-refractivity contribution < 1.29 is 0 Å². The first-order valence-corrected chi connectivity index (χ1v) is 4.63. The lowest BCUT2D eigenvalue weighted by Crippen LogP contribution is -2.02. The third-order valence-corrected chi connectivity index (χ3v) is 2.65. The molecule has 3 heteroatoms. The lowest BCUT2D eigenvalue weighted by molar-refractivity contribution is 1.30. The molecule has 0 bridgehead atoms. The zero-order valence-electron chi connectivity index (χ0n) is 6.17. The van der Waals surface area contributed by atoms with Crippen LogP contribution in [0, 0.1) is 3.57 Å². The van der Waals surface area contributed by atoms with Crippen LogP contribution in [-0.4, -0.2) is 4.98 Å². The molecule has 0 radical (unpaired) electrons. The van der Waals surface area contributed by atoms with E-state index in [4.69, 9.17) is 0 Å².